The predicted octanol–water partition coefficient (Wildman–Crippen LogP) is 2.63. The Balaban J connectivity index is 2.94. The average molecular weight is 221 g/mol. The van der Waals surface area contributed by atoms with Crippen LogP contribution in [0.4, 0.5) is 5.82 Å². The van der Waals surface area contributed by atoms with E-state index in [1.807, 2.05) is 6.92 Å². The van der Waals surface area contributed by atoms with Crippen molar-refractivity contribution in [3.8, 4) is 0 Å². The van der Waals surface area contributed by atoms with Gasteiger partial charge in [-0.05, 0) is 32.4 Å². The summed E-state index contributed by atoms with van der Waals surface area (Å²) < 4.78 is 0. The quantitative estimate of drug-likeness (QED) is 0.802. The monoisotopic (exact) mass is 221 g/mol. The van der Waals surface area contributed by atoms with Crippen LogP contribution in [0.15, 0.2) is 6.07 Å². The third kappa shape index (κ3) is 3.49. The van der Waals surface area contributed by atoms with E-state index < -0.39 is 0 Å². The molecule has 0 aliphatic rings. The van der Waals surface area contributed by atoms with Gasteiger partial charge in [-0.2, -0.15) is 0 Å². The van der Waals surface area contributed by atoms with Crippen LogP contribution >= 0.6 is 0 Å². The van der Waals surface area contributed by atoms with Crippen molar-refractivity contribution in [2.24, 2.45) is 0 Å². The van der Waals surface area contributed by atoms with Gasteiger partial charge in [-0.1, -0.05) is 13.8 Å². The van der Waals surface area contributed by atoms with Gasteiger partial charge in [-0.25, -0.2) is 4.98 Å². The molecular formula is C13H23N3. The van der Waals surface area contributed by atoms with Gasteiger partial charge in [0.25, 0.3) is 0 Å². The second-order valence-corrected chi connectivity index (χ2v) is 4.47. The van der Waals surface area contributed by atoms with E-state index in [9.17, 15) is 0 Å². The highest BCUT2D eigenvalue weighted by molar-refractivity contribution is 5.49. The first-order chi connectivity index (χ1) is 7.54. The molecular weight excluding hydrogens is 198 g/mol. The van der Waals surface area contributed by atoms with Crippen molar-refractivity contribution in [3.05, 3.63) is 22.9 Å². The van der Waals surface area contributed by atoms with Gasteiger partial charge in [-0.15, -0.1) is 0 Å². The number of rotatable bonds is 5. The minimum absolute atomic E-state index is 0.496. The van der Waals surface area contributed by atoms with Crippen molar-refractivity contribution in [3.63, 3.8) is 0 Å². The Bertz CT molecular complexity index is 345. The van der Waals surface area contributed by atoms with Gasteiger partial charge in [0.1, 0.15) is 5.82 Å². The van der Waals surface area contributed by atoms with Crippen molar-refractivity contribution in [1.82, 2.24) is 10.3 Å². The second kappa shape index (κ2) is 5.85. The lowest BCUT2D eigenvalue weighted by atomic mass is 10.1. The molecule has 1 aromatic rings. The van der Waals surface area contributed by atoms with E-state index in [0.29, 0.717) is 6.04 Å². The lowest BCUT2D eigenvalue weighted by Gasteiger charge is -2.16. The van der Waals surface area contributed by atoms with Crippen LogP contribution in [0.2, 0.25) is 0 Å². The average Bonchev–Trinajstić information content (AvgIpc) is 2.16. The second-order valence-electron chi connectivity index (χ2n) is 4.47. The van der Waals surface area contributed by atoms with E-state index in [1.165, 1.54) is 11.1 Å². The third-order valence-corrected chi connectivity index (χ3v) is 2.51. The first-order valence-corrected chi connectivity index (χ1v) is 5.99. The van der Waals surface area contributed by atoms with Crippen molar-refractivity contribution in [1.29, 1.82) is 0 Å². The van der Waals surface area contributed by atoms with E-state index >= 15 is 0 Å². The highest BCUT2D eigenvalue weighted by Gasteiger charge is 2.08. The Morgan fingerprint density at radius 1 is 1.31 bits per heavy atom. The number of nitrogens with one attached hydrogen (secondary N) is 2. The van der Waals surface area contributed by atoms with Gasteiger partial charge < -0.3 is 10.6 Å². The molecule has 0 atom stereocenters. The van der Waals surface area contributed by atoms with Crippen LogP contribution in [-0.4, -0.2) is 17.6 Å². The minimum Gasteiger partial charge on any atom is -0.370 e. The summed E-state index contributed by atoms with van der Waals surface area (Å²) in [5, 5.41) is 6.77. The van der Waals surface area contributed by atoms with E-state index in [-0.39, 0.29) is 0 Å². The SMILES string of the molecule is CCNc1nc(C)cc(C)c1CNC(C)C. The zero-order valence-corrected chi connectivity index (χ0v) is 11.0. The number of aryl methyl sites for hydroxylation is 2. The van der Waals surface area contributed by atoms with Crippen LogP contribution in [0, 0.1) is 13.8 Å². The van der Waals surface area contributed by atoms with E-state index in [0.717, 1.165) is 24.6 Å². The molecule has 0 saturated heterocycles. The smallest absolute Gasteiger partial charge is 0.131 e. The Hall–Kier alpha value is -1.09. The number of hydrogen-bond acceptors (Lipinski definition) is 3. The molecule has 0 aliphatic heterocycles. The van der Waals surface area contributed by atoms with E-state index in [1.54, 1.807) is 0 Å². The number of aromatic nitrogens is 1. The normalized spacial score (nSPS) is 10.9. The van der Waals surface area contributed by atoms with Gasteiger partial charge in [0.15, 0.2) is 0 Å². The molecule has 1 aromatic heterocycles. The molecule has 3 heteroatoms. The highest BCUT2D eigenvalue weighted by Crippen LogP contribution is 2.18. The fraction of sp³-hybridized carbons (Fsp3) is 0.615. The molecule has 0 amide bonds. The van der Waals surface area contributed by atoms with Crippen LogP contribution in [0.5, 0.6) is 0 Å². The van der Waals surface area contributed by atoms with Crippen LogP contribution in [0.3, 0.4) is 0 Å². The molecule has 3 nitrogen and oxygen atoms in total. The van der Waals surface area contributed by atoms with E-state index in [2.05, 4.69) is 49.4 Å². The molecule has 2 N–H and O–H groups in total. The molecule has 1 rings (SSSR count). The highest BCUT2D eigenvalue weighted by atomic mass is 15.0. The molecule has 16 heavy (non-hydrogen) atoms. The van der Waals surface area contributed by atoms with Gasteiger partial charge in [0, 0.05) is 30.4 Å². The molecule has 0 aromatic carbocycles. The molecule has 0 saturated carbocycles. The molecule has 0 radical (unpaired) electrons. The Labute approximate surface area is 98.7 Å². The molecule has 0 unspecified atom stereocenters. The lowest BCUT2D eigenvalue weighted by Crippen LogP contribution is -2.23. The summed E-state index contributed by atoms with van der Waals surface area (Å²) in [6.45, 7) is 12.4. The van der Waals surface area contributed by atoms with Crippen LogP contribution in [0.1, 0.15) is 37.6 Å². The summed E-state index contributed by atoms with van der Waals surface area (Å²) in [7, 11) is 0. The Morgan fingerprint density at radius 2 is 2.00 bits per heavy atom. The topological polar surface area (TPSA) is 37.0 Å². The summed E-state index contributed by atoms with van der Waals surface area (Å²) in [5.74, 6) is 1.02. The maximum absolute atomic E-state index is 4.55. The number of nitrogens with zero attached hydrogens (tertiary/aromatic N) is 1. The summed E-state index contributed by atoms with van der Waals surface area (Å²) in [5.41, 5.74) is 3.65. The summed E-state index contributed by atoms with van der Waals surface area (Å²) >= 11 is 0. The number of anilines is 1. The van der Waals surface area contributed by atoms with Gasteiger partial charge in [-0.3, -0.25) is 0 Å². The first-order valence-electron chi connectivity index (χ1n) is 5.99. The Kier molecular flexibility index (Phi) is 4.74. The number of pyridine rings is 1. The van der Waals surface area contributed by atoms with Crippen molar-refractivity contribution in [2.75, 3.05) is 11.9 Å². The number of hydrogen-bond donors (Lipinski definition) is 2. The summed E-state index contributed by atoms with van der Waals surface area (Å²) in [6.07, 6.45) is 0. The fourth-order valence-electron chi connectivity index (χ4n) is 1.71. The maximum Gasteiger partial charge on any atom is 0.131 e. The Morgan fingerprint density at radius 3 is 2.56 bits per heavy atom. The van der Waals surface area contributed by atoms with Crippen molar-refractivity contribution >= 4 is 5.82 Å². The third-order valence-electron chi connectivity index (χ3n) is 2.51. The lowest BCUT2D eigenvalue weighted by molar-refractivity contribution is 0.587. The van der Waals surface area contributed by atoms with Crippen LogP contribution in [0.25, 0.3) is 0 Å². The maximum atomic E-state index is 4.55. The van der Waals surface area contributed by atoms with Crippen LogP contribution < -0.4 is 10.6 Å². The summed E-state index contributed by atoms with van der Waals surface area (Å²) in [4.78, 5) is 4.55. The standard InChI is InChI=1S/C13H23N3/c1-6-14-13-12(8-15-9(2)3)10(4)7-11(5)16-13/h7,9,15H,6,8H2,1-5H3,(H,14,16). The minimum atomic E-state index is 0.496. The largest absolute Gasteiger partial charge is 0.370 e. The first kappa shape index (κ1) is 13.0. The fourth-order valence-corrected chi connectivity index (χ4v) is 1.71. The van der Waals surface area contributed by atoms with E-state index in [4.69, 9.17) is 0 Å². The molecule has 0 spiro atoms. The van der Waals surface area contributed by atoms with Crippen molar-refractivity contribution < 1.29 is 0 Å². The molecule has 0 bridgehead atoms. The molecule has 1 heterocycles. The zero-order chi connectivity index (χ0) is 12.1. The zero-order valence-electron chi connectivity index (χ0n) is 11.0. The van der Waals surface area contributed by atoms with Gasteiger partial charge in [0.2, 0.25) is 0 Å². The van der Waals surface area contributed by atoms with Gasteiger partial charge in [0.05, 0.1) is 0 Å². The molecule has 0 aliphatic carbocycles. The van der Waals surface area contributed by atoms with Gasteiger partial charge >= 0.3 is 0 Å². The predicted molar refractivity (Wildman–Crippen MR) is 69.9 cm³/mol. The summed E-state index contributed by atoms with van der Waals surface area (Å²) in [6, 6.07) is 2.63. The molecule has 90 valence electrons. The van der Waals surface area contributed by atoms with Crippen molar-refractivity contribution in [2.45, 2.75) is 47.2 Å². The van der Waals surface area contributed by atoms with Crippen LogP contribution in [-0.2, 0) is 6.54 Å². The molecule has 0 fully saturated rings.